The number of carbonyl (C=O) groups is 1. The number of carboxylic acid groups (broad SMARTS) is 1. The molecule has 1 aliphatic rings. The van der Waals surface area contributed by atoms with Crippen LogP contribution in [0.1, 0.15) is 5.56 Å². The molecule has 5 heteroatoms. The number of benzene rings is 1. The minimum atomic E-state index is -0.839. The second-order valence-electron chi connectivity index (χ2n) is 4.16. The summed E-state index contributed by atoms with van der Waals surface area (Å²) in [7, 11) is 0. The number of aliphatic carboxylic acids is 1. The van der Waals surface area contributed by atoms with E-state index < -0.39 is 12.0 Å². The Labute approximate surface area is 99.0 Å². The zero-order valence-electron chi connectivity index (χ0n) is 9.40. The highest BCUT2D eigenvalue weighted by Gasteiger charge is 2.27. The molecule has 1 aliphatic heterocycles. The molecule has 1 saturated heterocycles. The van der Waals surface area contributed by atoms with Gasteiger partial charge in [0.05, 0.1) is 0 Å². The van der Waals surface area contributed by atoms with Gasteiger partial charge in [-0.2, -0.15) is 0 Å². The molecule has 0 bridgehead atoms. The van der Waals surface area contributed by atoms with Crippen LogP contribution >= 0.6 is 0 Å². The molecule has 0 unspecified atom stereocenters. The molecule has 17 heavy (non-hydrogen) atoms. The van der Waals surface area contributed by atoms with Crippen molar-refractivity contribution in [1.82, 2.24) is 10.2 Å². The van der Waals surface area contributed by atoms with E-state index in [1.165, 1.54) is 12.1 Å². The predicted octanol–water partition coefficient (Wildman–Crippen LogP) is 0.684. The van der Waals surface area contributed by atoms with Crippen LogP contribution in [0.4, 0.5) is 4.39 Å². The summed E-state index contributed by atoms with van der Waals surface area (Å²) in [5.41, 5.74) is 0.804. The lowest BCUT2D eigenvalue weighted by Crippen LogP contribution is -2.54. The number of piperazine rings is 1. The van der Waals surface area contributed by atoms with Crippen LogP contribution in [0.25, 0.3) is 0 Å². The van der Waals surface area contributed by atoms with Crippen LogP contribution in [0.5, 0.6) is 0 Å². The van der Waals surface area contributed by atoms with Gasteiger partial charge in [-0.05, 0) is 17.7 Å². The lowest BCUT2D eigenvalue weighted by molar-refractivity contribution is -0.144. The van der Waals surface area contributed by atoms with Gasteiger partial charge in [0.2, 0.25) is 0 Å². The molecule has 92 valence electrons. The van der Waals surface area contributed by atoms with Crippen molar-refractivity contribution in [3.8, 4) is 0 Å². The van der Waals surface area contributed by atoms with Gasteiger partial charge >= 0.3 is 5.97 Å². The number of nitrogens with zero attached hydrogens (tertiary/aromatic N) is 1. The molecule has 0 amide bonds. The average molecular weight is 238 g/mol. The second kappa shape index (κ2) is 5.25. The fraction of sp³-hybridized carbons (Fsp3) is 0.417. The van der Waals surface area contributed by atoms with Crippen molar-refractivity contribution < 1.29 is 14.3 Å². The third-order valence-electron chi connectivity index (χ3n) is 2.91. The summed E-state index contributed by atoms with van der Waals surface area (Å²) in [5, 5.41) is 12.1. The van der Waals surface area contributed by atoms with E-state index in [9.17, 15) is 9.18 Å². The number of hydrogen-bond acceptors (Lipinski definition) is 3. The van der Waals surface area contributed by atoms with Gasteiger partial charge in [0.1, 0.15) is 11.9 Å². The quantitative estimate of drug-likeness (QED) is 0.813. The van der Waals surface area contributed by atoms with E-state index >= 15 is 0 Å². The largest absolute Gasteiger partial charge is 0.480 e. The smallest absolute Gasteiger partial charge is 0.322 e. The fourth-order valence-corrected chi connectivity index (χ4v) is 2.05. The van der Waals surface area contributed by atoms with Crippen molar-refractivity contribution in [2.75, 3.05) is 19.6 Å². The molecule has 2 rings (SSSR count). The van der Waals surface area contributed by atoms with Gasteiger partial charge in [-0.25, -0.2) is 4.39 Å². The van der Waals surface area contributed by atoms with Gasteiger partial charge in [-0.15, -0.1) is 0 Å². The fourth-order valence-electron chi connectivity index (χ4n) is 2.05. The Hall–Kier alpha value is -1.46. The van der Waals surface area contributed by atoms with Crippen LogP contribution in [0, 0.1) is 5.82 Å². The summed E-state index contributed by atoms with van der Waals surface area (Å²) in [5.74, 6) is -1.13. The Balaban J connectivity index is 2.08. The average Bonchev–Trinajstić information content (AvgIpc) is 2.29. The topological polar surface area (TPSA) is 52.6 Å². The summed E-state index contributed by atoms with van der Waals surface area (Å²) >= 11 is 0. The SMILES string of the molecule is O=C(O)[C@H]1CNCCN1Cc1cccc(F)c1. The standard InChI is InChI=1S/C12H15FN2O2/c13-10-3-1-2-9(6-10)8-15-5-4-14-7-11(15)12(16)17/h1-3,6,11,14H,4-5,7-8H2,(H,16,17)/t11-/m1/s1. The highest BCUT2D eigenvalue weighted by molar-refractivity contribution is 5.74. The molecule has 0 aliphatic carbocycles. The molecular formula is C12H15FN2O2. The summed E-state index contributed by atoms with van der Waals surface area (Å²) in [6.07, 6.45) is 0. The molecule has 2 N–H and O–H groups in total. The first kappa shape index (κ1) is 12.0. The van der Waals surface area contributed by atoms with Crippen molar-refractivity contribution in [2.24, 2.45) is 0 Å². The zero-order chi connectivity index (χ0) is 12.3. The molecule has 0 aromatic heterocycles. The molecule has 1 fully saturated rings. The molecular weight excluding hydrogens is 223 g/mol. The van der Waals surface area contributed by atoms with Crippen LogP contribution < -0.4 is 5.32 Å². The molecule has 4 nitrogen and oxygen atoms in total. The first-order valence-corrected chi connectivity index (χ1v) is 5.59. The monoisotopic (exact) mass is 238 g/mol. The third-order valence-corrected chi connectivity index (χ3v) is 2.91. The molecule has 1 aromatic rings. The summed E-state index contributed by atoms with van der Waals surface area (Å²) < 4.78 is 13.0. The van der Waals surface area contributed by atoms with Gasteiger partial charge < -0.3 is 10.4 Å². The Bertz CT molecular complexity index is 411. The molecule has 0 saturated carbocycles. The van der Waals surface area contributed by atoms with Gasteiger partial charge in [0.25, 0.3) is 0 Å². The van der Waals surface area contributed by atoms with Gasteiger partial charge in [-0.1, -0.05) is 12.1 Å². The Morgan fingerprint density at radius 1 is 1.59 bits per heavy atom. The van der Waals surface area contributed by atoms with Crippen LogP contribution in [0.3, 0.4) is 0 Å². The lowest BCUT2D eigenvalue weighted by Gasteiger charge is -2.33. The normalized spacial score (nSPS) is 21.4. The van der Waals surface area contributed by atoms with Crippen molar-refractivity contribution in [2.45, 2.75) is 12.6 Å². The van der Waals surface area contributed by atoms with Crippen LogP contribution in [-0.2, 0) is 11.3 Å². The van der Waals surface area contributed by atoms with Crippen molar-refractivity contribution in [3.63, 3.8) is 0 Å². The maximum atomic E-state index is 13.0. The van der Waals surface area contributed by atoms with Gasteiger partial charge in [0.15, 0.2) is 0 Å². The zero-order valence-corrected chi connectivity index (χ0v) is 9.40. The minimum Gasteiger partial charge on any atom is -0.480 e. The second-order valence-corrected chi connectivity index (χ2v) is 4.16. The van der Waals surface area contributed by atoms with Crippen molar-refractivity contribution >= 4 is 5.97 Å². The molecule has 1 atom stereocenters. The lowest BCUT2D eigenvalue weighted by atomic mass is 10.1. The number of rotatable bonds is 3. The summed E-state index contributed by atoms with van der Waals surface area (Å²) in [4.78, 5) is 12.9. The first-order chi connectivity index (χ1) is 8.16. The maximum absolute atomic E-state index is 13.0. The van der Waals surface area contributed by atoms with Crippen molar-refractivity contribution in [3.05, 3.63) is 35.6 Å². The van der Waals surface area contributed by atoms with Crippen molar-refractivity contribution in [1.29, 1.82) is 0 Å². The van der Waals surface area contributed by atoms with Gasteiger partial charge in [0, 0.05) is 26.2 Å². The van der Waals surface area contributed by atoms with E-state index in [-0.39, 0.29) is 5.82 Å². The van der Waals surface area contributed by atoms with E-state index in [0.717, 1.165) is 12.1 Å². The third kappa shape index (κ3) is 3.01. The van der Waals surface area contributed by atoms with Gasteiger partial charge in [-0.3, -0.25) is 9.69 Å². The Morgan fingerprint density at radius 3 is 3.12 bits per heavy atom. The van der Waals surface area contributed by atoms with E-state index in [0.29, 0.717) is 19.6 Å². The van der Waals surface area contributed by atoms with Crippen LogP contribution in [-0.4, -0.2) is 41.7 Å². The number of carboxylic acids is 1. The summed E-state index contributed by atoms with van der Waals surface area (Å²) in [6.45, 7) is 2.33. The van der Waals surface area contributed by atoms with Crippen LogP contribution in [0.2, 0.25) is 0 Å². The maximum Gasteiger partial charge on any atom is 0.322 e. The number of halogens is 1. The predicted molar refractivity (Wildman–Crippen MR) is 61.1 cm³/mol. The number of hydrogen-bond donors (Lipinski definition) is 2. The molecule has 1 aromatic carbocycles. The highest BCUT2D eigenvalue weighted by atomic mass is 19.1. The molecule has 0 radical (unpaired) electrons. The molecule has 1 heterocycles. The number of nitrogens with one attached hydrogen (secondary N) is 1. The highest BCUT2D eigenvalue weighted by Crippen LogP contribution is 2.11. The van der Waals surface area contributed by atoms with E-state index in [4.69, 9.17) is 5.11 Å². The first-order valence-electron chi connectivity index (χ1n) is 5.59. The van der Waals surface area contributed by atoms with E-state index in [2.05, 4.69) is 5.32 Å². The van der Waals surface area contributed by atoms with Crippen LogP contribution in [0.15, 0.2) is 24.3 Å². The summed E-state index contributed by atoms with van der Waals surface area (Å²) in [6, 6.07) is 5.75. The van der Waals surface area contributed by atoms with E-state index in [1.807, 2.05) is 11.0 Å². The Morgan fingerprint density at radius 2 is 2.41 bits per heavy atom. The minimum absolute atomic E-state index is 0.287. The van der Waals surface area contributed by atoms with E-state index in [1.54, 1.807) is 6.07 Å². The Kier molecular flexibility index (Phi) is 3.71. The molecule has 0 spiro atoms.